The molecule has 2 aliphatic heterocycles. The summed E-state index contributed by atoms with van der Waals surface area (Å²) in [6, 6.07) is -0.984. The molecule has 7 heteroatoms. The Labute approximate surface area is 113 Å². The van der Waals surface area contributed by atoms with Crippen LogP contribution in [0.15, 0.2) is 23.6 Å². The molecule has 2 unspecified atom stereocenters. The van der Waals surface area contributed by atoms with Crippen LogP contribution in [0.1, 0.15) is 19.3 Å². The lowest BCUT2D eigenvalue weighted by atomic mass is 9.93. The Morgan fingerprint density at radius 3 is 2.65 bits per heavy atom. The minimum atomic E-state index is -0.984. The Morgan fingerprint density at radius 1 is 1.20 bits per heavy atom. The number of carbonyl (C=O) groups is 4. The molecule has 0 saturated carbocycles. The normalized spacial score (nSPS) is 29.9. The zero-order valence-corrected chi connectivity index (χ0v) is 10.4. The number of nitrogens with zero attached hydrogens (tertiary/aromatic N) is 1. The first-order valence-corrected chi connectivity index (χ1v) is 6.26. The van der Waals surface area contributed by atoms with Gasteiger partial charge in [0, 0.05) is 18.4 Å². The molecule has 2 saturated heterocycles. The first-order valence-electron chi connectivity index (χ1n) is 6.26. The van der Waals surface area contributed by atoms with Gasteiger partial charge >= 0.3 is 0 Å². The van der Waals surface area contributed by atoms with Gasteiger partial charge in [-0.2, -0.15) is 0 Å². The molecule has 104 valence electrons. The SMILES string of the molecule is O=C1CCC(N2C(=O)C3=CC=C(F)CC3C2=O)C(=O)N1. The van der Waals surface area contributed by atoms with Crippen molar-refractivity contribution in [2.45, 2.75) is 25.3 Å². The van der Waals surface area contributed by atoms with E-state index >= 15 is 0 Å². The van der Waals surface area contributed by atoms with Gasteiger partial charge in [-0.25, -0.2) is 4.39 Å². The molecule has 4 amide bonds. The molecular formula is C13H11FN2O4. The van der Waals surface area contributed by atoms with E-state index in [0.717, 1.165) is 11.0 Å². The van der Waals surface area contributed by atoms with Crippen molar-refractivity contribution in [2.24, 2.45) is 5.92 Å². The van der Waals surface area contributed by atoms with Crippen LogP contribution in [0.4, 0.5) is 4.39 Å². The van der Waals surface area contributed by atoms with Crippen molar-refractivity contribution in [3.8, 4) is 0 Å². The van der Waals surface area contributed by atoms with Crippen molar-refractivity contribution in [2.75, 3.05) is 0 Å². The van der Waals surface area contributed by atoms with Crippen LogP contribution in [0.2, 0.25) is 0 Å². The minimum absolute atomic E-state index is 0.0732. The Hall–Kier alpha value is -2.31. The first-order chi connectivity index (χ1) is 9.49. The van der Waals surface area contributed by atoms with Crippen LogP contribution < -0.4 is 5.32 Å². The summed E-state index contributed by atoms with van der Waals surface area (Å²) in [4.78, 5) is 48.2. The number of hydrogen-bond donors (Lipinski definition) is 1. The third-order valence-electron chi connectivity index (χ3n) is 3.74. The van der Waals surface area contributed by atoms with Crippen molar-refractivity contribution < 1.29 is 23.6 Å². The molecule has 0 spiro atoms. The van der Waals surface area contributed by atoms with E-state index in [-0.39, 0.29) is 24.8 Å². The number of rotatable bonds is 1. The molecule has 3 rings (SSSR count). The fraction of sp³-hybridized carbons (Fsp3) is 0.385. The fourth-order valence-corrected chi connectivity index (χ4v) is 2.74. The second-order valence-corrected chi connectivity index (χ2v) is 4.97. The van der Waals surface area contributed by atoms with Crippen molar-refractivity contribution in [3.05, 3.63) is 23.6 Å². The molecule has 0 radical (unpaired) electrons. The summed E-state index contributed by atoms with van der Waals surface area (Å²) >= 11 is 0. The van der Waals surface area contributed by atoms with Gasteiger partial charge in [0.15, 0.2) is 0 Å². The van der Waals surface area contributed by atoms with Gasteiger partial charge in [-0.05, 0) is 12.5 Å². The van der Waals surface area contributed by atoms with Crippen LogP contribution in [0.5, 0.6) is 0 Å². The molecule has 3 aliphatic rings. The lowest BCUT2D eigenvalue weighted by Gasteiger charge is -2.27. The number of piperidine rings is 1. The predicted octanol–water partition coefficient (Wildman–Crippen LogP) is -0.0399. The fourth-order valence-electron chi connectivity index (χ4n) is 2.74. The highest BCUT2D eigenvalue weighted by Crippen LogP contribution is 2.36. The number of likely N-dealkylation sites (tertiary alicyclic amines) is 1. The summed E-state index contributed by atoms with van der Waals surface area (Å²) < 4.78 is 13.2. The van der Waals surface area contributed by atoms with Crippen LogP contribution in [-0.2, 0) is 19.2 Å². The van der Waals surface area contributed by atoms with Gasteiger partial charge in [0.1, 0.15) is 11.9 Å². The number of amides is 4. The molecule has 1 N–H and O–H groups in total. The molecule has 6 nitrogen and oxygen atoms in total. The molecule has 2 atom stereocenters. The Bertz CT molecular complexity index is 607. The van der Waals surface area contributed by atoms with E-state index in [1.54, 1.807) is 0 Å². The number of nitrogens with one attached hydrogen (secondary N) is 1. The topological polar surface area (TPSA) is 83.6 Å². The number of fused-ring (bicyclic) bond motifs is 1. The van der Waals surface area contributed by atoms with Gasteiger partial charge in [0.25, 0.3) is 5.91 Å². The van der Waals surface area contributed by atoms with Crippen LogP contribution in [-0.4, -0.2) is 34.6 Å². The van der Waals surface area contributed by atoms with Gasteiger partial charge in [-0.15, -0.1) is 0 Å². The maximum absolute atomic E-state index is 13.2. The third kappa shape index (κ3) is 1.77. The van der Waals surface area contributed by atoms with E-state index < -0.39 is 41.4 Å². The summed E-state index contributed by atoms with van der Waals surface area (Å²) in [7, 11) is 0. The van der Waals surface area contributed by atoms with Crippen LogP contribution in [0.25, 0.3) is 0 Å². The average Bonchev–Trinajstić information content (AvgIpc) is 2.63. The Balaban J connectivity index is 1.90. The van der Waals surface area contributed by atoms with E-state index in [4.69, 9.17) is 0 Å². The molecule has 0 bridgehead atoms. The predicted molar refractivity (Wildman–Crippen MR) is 63.4 cm³/mol. The maximum atomic E-state index is 13.2. The average molecular weight is 278 g/mol. The standard InChI is InChI=1S/C13H11FN2O4/c14-6-1-2-7-8(5-6)13(20)16(12(7)19)9-3-4-10(17)15-11(9)18/h1-2,8-9H,3-5H2,(H,15,17,18). The number of allylic oxidation sites excluding steroid dienone is 3. The smallest absolute Gasteiger partial charge is 0.257 e. The molecule has 1 aliphatic carbocycles. The van der Waals surface area contributed by atoms with Crippen molar-refractivity contribution >= 4 is 23.6 Å². The summed E-state index contributed by atoms with van der Waals surface area (Å²) in [5.74, 6) is -3.54. The highest BCUT2D eigenvalue weighted by Gasteiger charge is 2.49. The van der Waals surface area contributed by atoms with Crippen molar-refractivity contribution in [1.82, 2.24) is 10.2 Å². The zero-order valence-electron chi connectivity index (χ0n) is 10.4. The summed E-state index contributed by atoms with van der Waals surface area (Å²) in [5, 5.41) is 2.11. The first kappa shape index (κ1) is 12.7. The van der Waals surface area contributed by atoms with Gasteiger partial charge in [-0.3, -0.25) is 29.4 Å². The summed E-state index contributed by atoms with van der Waals surface area (Å²) in [6.07, 6.45) is 2.47. The monoisotopic (exact) mass is 278 g/mol. The Morgan fingerprint density at radius 2 is 1.95 bits per heavy atom. The van der Waals surface area contributed by atoms with Gasteiger partial charge in [0.05, 0.1) is 5.92 Å². The van der Waals surface area contributed by atoms with Crippen LogP contribution in [0, 0.1) is 5.92 Å². The van der Waals surface area contributed by atoms with E-state index in [1.165, 1.54) is 6.08 Å². The molecule has 2 fully saturated rings. The van der Waals surface area contributed by atoms with Gasteiger partial charge in [0.2, 0.25) is 17.7 Å². The molecule has 0 aromatic carbocycles. The lowest BCUT2D eigenvalue weighted by molar-refractivity contribution is -0.150. The van der Waals surface area contributed by atoms with Gasteiger partial charge < -0.3 is 0 Å². The maximum Gasteiger partial charge on any atom is 0.257 e. The largest absolute Gasteiger partial charge is 0.295 e. The van der Waals surface area contributed by atoms with E-state index in [9.17, 15) is 23.6 Å². The molecule has 2 heterocycles. The second kappa shape index (κ2) is 4.36. The summed E-state index contributed by atoms with van der Waals surface area (Å²) in [5.41, 5.74) is 0.209. The number of carbonyl (C=O) groups excluding carboxylic acids is 4. The zero-order chi connectivity index (χ0) is 14.4. The van der Waals surface area contributed by atoms with E-state index in [1.807, 2.05) is 0 Å². The van der Waals surface area contributed by atoms with Crippen LogP contribution >= 0.6 is 0 Å². The molecular weight excluding hydrogens is 267 g/mol. The number of hydrogen-bond acceptors (Lipinski definition) is 4. The quantitative estimate of drug-likeness (QED) is 0.682. The molecule has 20 heavy (non-hydrogen) atoms. The van der Waals surface area contributed by atoms with E-state index in [0.29, 0.717) is 0 Å². The molecule has 0 aromatic heterocycles. The van der Waals surface area contributed by atoms with E-state index in [2.05, 4.69) is 5.32 Å². The van der Waals surface area contributed by atoms with Crippen molar-refractivity contribution in [1.29, 1.82) is 0 Å². The number of imide groups is 2. The minimum Gasteiger partial charge on any atom is -0.295 e. The van der Waals surface area contributed by atoms with Crippen LogP contribution in [0.3, 0.4) is 0 Å². The lowest BCUT2D eigenvalue weighted by Crippen LogP contribution is -2.54. The Kier molecular flexibility index (Phi) is 2.77. The second-order valence-electron chi connectivity index (χ2n) is 4.97. The third-order valence-corrected chi connectivity index (χ3v) is 3.74. The van der Waals surface area contributed by atoms with Gasteiger partial charge in [-0.1, -0.05) is 6.08 Å². The summed E-state index contributed by atoms with van der Waals surface area (Å²) in [6.45, 7) is 0. The highest BCUT2D eigenvalue weighted by atomic mass is 19.1. The highest BCUT2D eigenvalue weighted by molar-refractivity contribution is 6.18. The van der Waals surface area contributed by atoms with Crippen molar-refractivity contribution in [3.63, 3.8) is 0 Å². The number of halogens is 1. The molecule has 0 aromatic rings.